The molecule has 0 saturated heterocycles. The van der Waals surface area contributed by atoms with Gasteiger partial charge in [0.2, 0.25) is 0 Å². The first-order valence-corrected chi connectivity index (χ1v) is 8.46. The van der Waals surface area contributed by atoms with E-state index in [4.69, 9.17) is 4.74 Å². The van der Waals surface area contributed by atoms with Gasteiger partial charge in [-0.2, -0.15) is 0 Å². The highest BCUT2D eigenvalue weighted by molar-refractivity contribution is 5.22. The van der Waals surface area contributed by atoms with Crippen molar-refractivity contribution in [3.05, 3.63) is 83.7 Å². The van der Waals surface area contributed by atoms with Crippen molar-refractivity contribution in [1.29, 1.82) is 0 Å². The Kier molecular flexibility index (Phi) is 7.79. The number of ether oxygens (including phenoxy) is 1. The molecule has 1 atom stereocenters. The maximum atomic E-state index is 13.1. The van der Waals surface area contributed by atoms with Gasteiger partial charge in [0.25, 0.3) is 0 Å². The molecule has 25 heavy (non-hydrogen) atoms. The molecular weight excluding hydrogens is 317 g/mol. The fourth-order valence-corrected chi connectivity index (χ4v) is 2.62. The second-order valence-corrected chi connectivity index (χ2v) is 6.26. The van der Waals surface area contributed by atoms with E-state index in [1.165, 1.54) is 23.3 Å². The van der Waals surface area contributed by atoms with Crippen LogP contribution in [0.2, 0.25) is 0 Å². The van der Waals surface area contributed by atoms with Gasteiger partial charge in [-0.05, 0) is 30.2 Å². The largest absolute Gasteiger partial charge is 0.389 e. The summed E-state index contributed by atoms with van der Waals surface area (Å²) < 4.78 is 18.4. The molecule has 0 aliphatic heterocycles. The van der Waals surface area contributed by atoms with Gasteiger partial charge in [0.1, 0.15) is 5.82 Å². The third-order valence-corrected chi connectivity index (χ3v) is 3.86. The van der Waals surface area contributed by atoms with Crippen molar-refractivity contribution < 1.29 is 14.2 Å². The molecule has 2 aromatic carbocycles. The minimum absolute atomic E-state index is 0.244. The fraction of sp³-hybridized carbons (Fsp3) is 0.333. The lowest BCUT2D eigenvalue weighted by molar-refractivity contribution is 0.0228. The number of hydrogen-bond donors (Lipinski definition) is 1. The van der Waals surface area contributed by atoms with E-state index in [0.29, 0.717) is 26.2 Å². The molecule has 0 radical (unpaired) electrons. The predicted octanol–water partition coefficient (Wildman–Crippen LogP) is 3.70. The minimum Gasteiger partial charge on any atom is -0.389 e. The van der Waals surface area contributed by atoms with Gasteiger partial charge in [-0.1, -0.05) is 48.0 Å². The number of aryl methyl sites for hydroxylation is 1. The van der Waals surface area contributed by atoms with Crippen LogP contribution < -0.4 is 0 Å². The Morgan fingerprint density at radius 2 is 1.64 bits per heavy atom. The Labute approximate surface area is 149 Å². The number of hydrogen-bond acceptors (Lipinski definition) is 3. The highest BCUT2D eigenvalue weighted by atomic mass is 19.1. The lowest BCUT2D eigenvalue weighted by Crippen LogP contribution is -2.34. The molecule has 0 bridgehead atoms. The van der Waals surface area contributed by atoms with Crippen LogP contribution in [0.4, 0.5) is 4.39 Å². The number of benzene rings is 2. The Balaban J connectivity index is 2.02. The van der Waals surface area contributed by atoms with Gasteiger partial charge in [0.15, 0.2) is 0 Å². The van der Waals surface area contributed by atoms with Crippen LogP contribution in [-0.2, 0) is 17.8 Å². The van der Waals surface area contributed by atoms with E-state index in [1.54, 1.807) is 18.2 Å². The zero-order valence-electron chi connectivity index (χ0n) is 14.7. The fourth-order valence-electron chi connectivity index (χ4n) is 2.62. The second-order valence-electron chi connectivity index (χ2n) is 6.26. The molecule has 0 aliphatic carbocycles. The van der Waals surface area contributed by atoms with E-state index >= 15 is 0 Å². The maximum Gasteiger partial charge on any atom is 0.123 e. The Morgan fingerprint density at radius 1 is 1.08 bits per heavy atom. The average Bonchev–Trinajstić information content (AvgIpc) is 2.59. The summed E-state index contributed by atoms with van der Waals surface area (Å²) >= 11 is 0. The van der Waals surface area contributed by atoms with Crippen LogP contribution in [0.25, 0.3) is 0 Å². The van der Waals surface area contributed by atoms with Crippen LogP contribution >= 0.6 is 0 Å². The molecule has 134 valence electrons. The standard InChI is InChI=1S/C21H26FNO2/c1-3-12-25-16-21(24)15-23(13-18-6-4-17(2)5-7-18)14-19-8-10-20(22)11-9-19/h3-11,21,24H,1,12-16H2,2H3/t21-/m1/s1. The average molecular weight is 343 g/mol. The molecule has 0 saturated carbocycles. The first-order valence-electron chi connectivity index (χ1n) is 8.46. The molecule has 0 aliphatic rings. The van der Waals surface area contributed by atoms with Crippen LogP contribution in [0.15, 0.2) is 61.2 Å². The molecule has 0 heterocycles. The molecule has 4 heteroatoms. The van der Waals surface area contributed by atoms with E-state index in [0.717, 1.165) is 5.56 Å². The number of aliphatic hydroxyl groups is 1. The van der Waals surface area contributed by atoms with Gasteiger partial charge in [-0.3, -0.25) is 4.90 Å². The minimum atomic E-state index is -0.592. The zero-order valence-corrected chi connectivity index (χ0v) is 14.7. The van der Waals surface area contributed by atoms with Gasteiger partial charge >= 0.3 is 0 Å². The van der Waals surface area contributed by atoms with Crippen LogP contribution in [0, 0.1) is 12.7 Å². The molecule has 0 fully saturated rings. The first kappa shape index (κ1) is 19.3. The van der Waals surface area contributed by atoms with Crippen LogP contribution in [0.3, 0.4) is 0 Å². The van der Waals surface area contributed by atoms with Gasteiger partial charge in [-0.25, -0.2) is 4.39 Å². The van der Waals surface area contributed by atoms with Crippen molar-refractivity contribution in [3.63, 3.8) is 0 Å². The Bertz CT molecular complexity index is 592. The highest BCUT2D eigenvalue weighted by Crippen LogP contribution is 2.12. The Morgan fingerprint density at radius 3 is 2.20 bits per heavy atom. The zero-order chi connectivity index (χ0) is 18.1. The van der Waals surface area contributed by atoms with E-state index in [9.17, 15) is 9.50 Å². The number of nitrogens with zero attached hydrogens (tertiary/aromatic N) is 1. The van der Waals surface area contributed by atoms with Crippen molar-refractivity contribution in [2.45, 2.75) is 26.1 Å². The van der Waals surface area contributed by atoms with Crippen molar-refractivity contribution >= 4 is 0 Å². The normalized spacial score (nSPS) is 12.3. The van der Waals surface area contributed by atoms with Crippen LogP contribution in [-0.4, -0.2) is 35.9 Å². The molecule has 3 nitrogen and oxygen atoms in total. The third kappa shape index (κ3) is 7.18. The summed E-state index contributed by atoms with van der Waals surface area (Å²) in [5.41, 5.74) is 3.39. The smallest absolute Gasteiger partial charge is 0.123 e. The molecule has 0 unspecified atom stereocenters. The van der Waals surface area contributed by atoms with E-state index < -0.39 is 6.10 Å². The summed E-state index contributed by atoms with van der Waals surface area (Å²) in [6, 6.07) is 14.8. The van der Waals surface area contributed by atoms with Gasteiger partial charge in [0, 0.05) is 19.6 Å². The molecule has 0 aromatic heterocycles. The summed E-state index contributed by atoms with van der Waals surface area (Å²) in [4.78, 5) is 2.14. The van der Waals surface area contributed by atoms with E-state index in [-0.39, 0.29) is 12.4 Å². The van der Waals surface area contributed by atoms with Gasteiger partial charge < -0.3 is 9.84 Å². The monoisotopic (exact) mass is 343 g/mol. The van der Waals surface area contributed by atoms with E-state index in [1.807, 2.05) is 0 Å². The molecular formula is C21H26FNO2. The SMILES string of the molecule is C=CCOC[C@H](O)CN(Cc1ccc(C)cc1)Cc1ccc(F)cc1. The van der Waals surface area contributed by atoms with Crippen LogP contribution in [0.1, 0.15) is 16.7 Å². The third-order valence-electron chi connectivity index (χ3n) is 3.86. The predicted molar refractivity (Wildman–Crippen MR) is 98.7 cm³/mol. The summed E-state index contributed by atoms with van der Waals surface area (Å²) in [5, 5.41) is 10.2. The maximum absolute atomic E-state index is 13.1. The number of halogens is 1. The van der Waals surface area contributed by atoms with Crippen molar-refractivity contribution in [1.82, 2.24) is 4.90 Å². The lowest BCUT2D eigenvalue weighted by Gasteiger charge is -2.25. The molecule has 2 rings (SSSR count). The van der Waals surface area contributed by atoms with Crippen molar-refractivity contribution in [2.75, 3.05) is 19.8 Å². The first-order chi connectivity index (χ1) is 12.1. The topological polar surface area (TPSA) is 32.7 Å². The number of rotatable bonds is 10. The molecule has 0 amide bonds. The van der Waals surface area contributed by atoms with Crippen molar-refractivity contribution in [2.24, 2.45) is 0 Å². The second kappa shape index (κ2) is 10.1. The number of aliphatic hydroxyl groups excluding tert-OH is 1. The quantitative estimate of drug-likeness (QED) is 0.527. The summed E-state index contributed by atoms with van der Waals surface area (Å²) in [6.07, 6.45) is 1.07. The van der Waals surface area contributed by atoms with Crippen LogP contribution in [0.5, 0.6) is 0 Å². The molecule has 2 aromatic rings. The summed E-state index contributed by atoms with van der Waals surface area (Å²) in [6.45, 7) is 8.15. The Hall–Kier alpha value is -2.01. The van der Waals surface area contributed by atoms with E-state index in [2.05, 4.69) is 42.7 Å². The molecule has 1 N–H and O–H groups in total. The summed E-state index contributed by atoms with van der Waals surface area (Å²) in [7, 11) is 0. The van der Waals surface area contributed by atoms with Gasteiger partial charge in [0.05, 0.1) is 19.3 Å². The summed E-state index contributed by atoms with van der Waals surface area (Å²) in [5.74, 6) is -0.244. The lowest BCUT2D eigenvalue weighted by atomic mass is 10.1. The highest BCUT2D eigenvalue weighted by Gasteiger charge is 2.13. The molecule has 0 spiro atoms. The van der Waals surface area contributed by atoms with Crippen molar-refractivity contribution in [3.8, 4) is 0 Å². The van der Waals surface area contributed by atoms with Gasteiger partial charge in [-0.15, -0.1) is 6.58 Å².